The predicted octanol–water partition coefficient (Wildman–Crippen LogP) is 1.35. The monoisotopic (exact) mass is 425 g/mol. The van der Waals surface area contributed by atoms with Crippen LogP contribution in [-0.2, 0) is 9.84 Å². The van der Waals surface area contributed by atoms with Crippen molar-refractivity contribution < 1.29 is 18.0 Å². The Balaban J connectivity index is 1.53. The number of rotatable bonds is 4. The molecule has 3 N–H and O–H groups in total. The van der Waals surface area contributed by atoms with Crippen LogP contribution >= 0.6 is 0 Å². The number of benzene rings is 1. The van der Waals surface area contributed by atoms with E-state index in [0.29, 0.717) is 11.3 Å². The van der Waals surface area contributed by atoms with Gasteiger partial charge in [-0.2, -0.15) is 5.10 Å². The highest BCUT2D eigenvalue weighted by Gasteiger charge is 2.34. The zero-order chi connectivity index (χ0) is 21.0. The van der Waals surface area contributed by atoms with Crippen LogP contribution in [0.3, 0.4) is 0 Å². The molecule has 10 heteroatoms. The molecule has 2 aliphatic rings. The molecule has 154 valence electrons. The van der Waals surface area contributed by atoms with Crippen LogP contribution in [0.15, 0.2) is 41.4 Å². The molecule has 1 fully saturated rings. The van der Waals surface area contributed by atoms with Crippen molar-refractivity contribution in [2.24, 2.45) is 5.73 Å². The fraction of sp³-hybridized carbons (Fsp3) is 0.300. The third kappa shape index (κ3) is 2.95. The van der Waals surface area contributed by atoms with E-state index in [1.165, 1.54) is 16.8 Å². The average molecular weight is 425 g/mol. The summed E-state index contributed by atoms with van der Waals surface area (Å²) in [5.41, 5.74) is 7.41. The van der Waals surface area contributed by atoms with E-state index in [1.807, 2.05) is 0 Å². The van der Waals surface area contributed by atoms with Gasteiger partial charge in [0.15, 0.2) is 15.5 Å². The average Bonchev–Trinajstić information content (AvgIpc) is 3.49. The highest BCUT2D eigenvalue weighted by atomic mass is 32.2. The summed E-state index contributed by atoms with van der Waals surface area (Å²) in [6.07, 6.45) is 3.55. The smallest absolute Gasteiger partial charge is 0.270 e. The molecule has 0 saturated heterocycles. The van der Waals surface area contributed by atoms with Crippen LogP contribution in [0.4, 0.5) is 0 Å². The van der Waals surface area contributed by atoms with E-state index < -0.39 is 27.7 Å². The Morgan fingerprint density at radius 1 is 1.13 bits per heavy atom. The van der Waals surface area contributed by atoms with E-state index in [2.05, 4.69) is 15.4 Å². The van der Waals surface area contributed by atoms with Crippen molar-refractivity contribution in [2.75, 3.05) is 5.75 Å². The molecule has 1 aliphatic carbocycles. The minimum absolute atomic E-state index is 0.0415. The number of primary amides is 1. The second kappa shape index (κ2) is 6.63. The van der Waals surface area contributed by atoms with Crippen molar-refractivity contribution in [1.29, 1.82) is 0 Å². The summed E-state index contributed by atoms with van der Waals surface area (Å²) in [5.74, 6) is -0.938. The maximum atomic E-state index is 13.1. The molecule has 1 unspecified atom stereocenters. The zero-order valence-electron chi connectivity index (χ0n) is 15.9. The van der Waals surface area contributed by atoms with E-state index in [-0.39, 0.29) is 39.9 Å². The molecule has 3 heterocycles. The van der Waals surface area contributed by atoms with E-state index >= 15 is 0 Å². The lowest BCUT2D eigenvalue weighted by Crippen LogP contribution is -2.34. The lowest BCUT2D eigenvalue weighted by molar-refractivity contribution is 0.0925. The van der Waals surface area contributed by atoms with Gasteiger partial charge < -0.3 is 11.1 Å². The predicted molar refractivity (Wildman–Crippen MR) is 107 cm³/mol. The lowest BCUT2D eigenvalue weighted by atomic mass is 10.0. The van der Waals surface area contributed by atoms with Crippen molar-refractivity contribution in [1.82, 2.24) is 19.9 Å². The SMILES string of the molecule is NC(=O)c1c(C2CC2)nn2c(C(=O)NC3CCS(=O)(=O)c4ccccc43)ccnc12. The second-order valence-electron chi connectivity index (χ2n) is 7.64. The van der Waals surface area contributed by atoms with Crippen molar-refractivity contribution in [2.45, 2.75) is 36.1 Å². The first-order chi connectivity index (χ1) is 14.4. The summed E-state index contributed by atoms with van der Waals surface area (Å²) in [7, 11) is -3.35. The number of aromatic nitrogens is 3. The van der Waals surface area contributed by atoms with Gasteiger partial charge in [0.05, 0.1) is 22.4 Å². The quantitative estimate of drug-likeness (QED) is 0.647. The molecule has 1 aliphatic heterocycles. The molecular weight excluding hydrogens is 406 g/mol. The van der Waals surface area contributed by atoms with Gasteiger partial charge in [0, 0.05) is 12.1 Å². The normalized spacial score (nSPS) is 19.9. The summed E-state index contributed by atoms with van der Waals surface area (Å²) in [6, 6.07) is 7.75. The van der Waals surface area contributed by atoms with Gasteiger partial charge in [-0.05, 0) is 37.0 Å². The number of hydrogen-bond acceptors (Lipinski definition) is 6. The highest BCUT2D eigenvalue weighted by Crippen LogP contribution is 2.41. The first-order valence-electron chi connectivity index (χ1n) is 9.67. The number of nitrogens with one attached hydrogen (secondary N) is 1. The molecule has 1 saturated carbocycles. The third-order valence-electron chi connectivity index (χ3n) is 5.60. The van der Waals surface area contributed by atoms with Gasteiger partial charge in [-0.15, -0.1) is 0 Å². The summed E-state index contributed by atoms with van der Waals surface area (Å²) in [5, 5.41) is 7.39. The fourth-order valence-corrected chi connectivity index (χ4v) is 5.61. The lowest BCUT2D eigenvalue weighted by Gasteiger charge is -2.26. The molecule has 0 spiro atoms. The van der Waals surface area contributed by atoms with E-state index in [0.717, 1.165) is 12.8 Å². The van der Waals surface area contributed by atoms with Crippen molar-refractivity contribution in [3.05, 3.63) is 59.0 Å². The Kier molecular flexibility index (Phi) is 4.14. The Bertz CT molecular complexity index is 1310. The number of nitrogens with zero attached hydrogens (tertiary/aromatic N) is 3. The zero-order valence-corrected chi connectivity index (χ0v) is 16.7. The number of fused-ring (bicyclic) bond motifs is 2. The number of nitrogens with two attached hydrogens (primary N) is 1. The largest absolute Gasteiger partial charge is 0.365 e. The Morgan fingerprint density at radius 2 is 1.90 bits per heavy atom. The number of amides is 2. The van der Waals surface area contributed by atoms with Gasteiger partial charge in [-0.25, -0.2) is 17.9 Å². The topological polar surface area (TPSA) is 137 Å². The molecule has 2 aromatic heterocycles. The third-order valence-corrected chi connectivity index (χ3v) is 7.41. The summed E-state index contributed by atoms with van der Waals surface area (Å²) in [4.78, 5) is 29.6. The standard InChI is InChI=1S/C20H19N5O4S/c21-18(26)16-17(11-5-6-11)24-25-14(7-9-22-19(16)25)20(27)23-13-8-10-30(28,29)15-4-2-1-3-12(13)15/h1-4,7,9,11,13H,5-6,8,10H2,(H2,21,26)(H,23,27). The fourth-order valence-electron chi connectivity index (χ4n) is 3.98. The van der Waals surface area contributed by atoms with Crippen molar-refractivity contribution in [3.8, 4) is 0 Å². The van der Waals surface area contributed by atoms with Gasteiger partial charge in [0.1, 0.15) is 11.3 Å². The van der Waals surface area contributed by atoms with Gasteiger partial charge in [-0.3, -0.25) is 9.59 Å². The number of carbonyl (C=O) groups is 2. The van der Waals surface area contributed by atoms with Crippen LogP contribution in [0.5, 0.6) is 0 Å². The van der Waals surface area contributed by atoms with Gasteiger partial charge in [0.25, 0.3) is 11.8 Å². The molecule has 1 atom stereocenters. The molecule has 2 amide bonds. The van der Waals surface area contributed by atoms with Gasteiger partial charge in [0.2, 0.25) is 0 Å². The minimum atomic E-state index is -3.35. The van der Waals surface area contributed by atoms with Crippen molar-refractivity contribution >= 4 is 27.3 Å². The second-order valence-corrected chi connectivity index (χ2v) is 9.71. The van der Waals surface area contributed by atoms with Crippen LogP contribution in [-0.4, -0.2) is 40.6 Å². The highest BCUT2D eigenvalue weighted by molar-refractivity contribution is 7.91. The van der Waals surface area contributed by atoms with Crippen LogP contribution in [0.1, 0.15) is 63.3 Å². The Labute approximate surface area is 172 Å². The molecular formula is C20H19N5O4S. The molecule has 0 bridgehead atoms. The number of carbonyl (C=O) groups excluding carboxylic acids is 2. The first-order valence-corrected chi connectivity index (χ1v) is 11.3. The first kappa shape index (κ1) is 18.7. The van der Waals surface area contributed by atoms with E-state index in [1.54, 1.807) is 24.3 Å². The van der Waals surface area contributed by atoms with Crippen LogP contribution in [0.2, 0.25) is 0 Å². The summed E-state index contributed by atoms with van der Waals surface area (Å²) >= 11 is 0. The Hall–Kier alpha value is -3.27. The summed E-state index contributed by atoms with van der Waals surface area (Å²) in [6.45, 7) is 0. The molecule has 1 aromatic carbocycles. The van der Waals surface area contributed by atoms with Crippen molar-refractivity contribution in [3.63, 3.8) is 0 Å². The molecule has 3 aromatic rings. The Morgan fingerprint density at radius 3 is 2.63 bits per heavy atom. The molecule has 30 heavy (non-hydrogen) atoms. The summed E-state index contributed by atoms with van der Waals surface area (Å²) < 4.78 is 26.0. The van der Waals surface area contributed by atoms with Crippen LogP contribution in [0, 0.1) is 0 Å². The molecule has 9 nitrogen and oxygen atoms in total. The van der Waals surface area contributed by atoms with Crippen LogP contribution in [0.25, 0.3) is 5.65 Å². The van der Waals surface area contributed by atoms with E-state index in [4.69, 9.17) is 5.73 Å². The number of hydrogen-bond donors (Lipinski definition) is 2. The van der Waals surface area contributed by atoms with Crippen LogP contribution < -0.4 is 11.1 Å². The molecule has 5 rings (SSSR count). The van der Waals surface area contributed by atoms with E-state index in [9.17, 15) is 18.0 Å². The minimum Gasteiger partial charge on any atom is -0.365 e. The number of sulfone groups is 1. The van der Waals surface area contributed by atoms with Gasteiger partial charge in [-0.1, -0.05) is 18.2 Å². The maximum absolute atomic E-state index is 13.1. The van der Waals surface area contributed by atoms with Gasteiger partial charge >= 0.3 is 0 Å². The molecule has 0 radical (unpaired) electrons. The maximum Gasteiger partial charge on any atom is 0.270 e.